The van der Waals surface area contributed by atoms with Crippen molar-refractivity contribution in [3.05, 3.63) is 34.3 Å². The highest BCUT2D eigenvalue weighted by molar-refractivity contribution is 9.10. The van der Waals surface area contributed by atoms with Gasteiger partial charge in [0.1, 0.15) is 0 Å². The average molecular weight is 327 g/mol. The van der Waals surface area contributed by atoms with Gasteiger partial charge < -0.3 is 5.73 Å². The molecule has 0 amide bonds. The molecule has 3 heteroatoms. The van der Waals surface area contributed by atoms with Gasteiger partial charge in [-0.2, -0.15) is 0 Å². The van der Waals surface area contributed by atoms with Crippen LogP contribution in [0.4, 0.5) is 0 Å². The van der Waals surface area contributed by atoms with Crippen molar-refractivity contribution in [1.82, 2.24) is 4.90 Å². The van der Waals surface area contributed by atoms with Crippen LogP contribution in [0.15, 0.2) is 28.7 Å². The van der Waals surface area contributed by atoms with Crippen LogP contribution in [0.25, 0.3) is 0 Å². The number of halogens is 1. The summed E-state index contributed by atoms with van der Waals surface area (Å²) in [6.45, 7) is 11.0. The highest BCUT2D eigenvalue weighted by Gasteiger charge is 2.23. The molecule has 3 atom stereocenters. The Bertz CT molecular complexity index is 362. The summed E-state index contributed by atoms with van der Waals surface area (Å²) in [6.07, 6.45) is 1.21. The van der Waals surface area contributed by atoms with E-state index in [1.54, 1.807) is 0 Å². The molecule has 0 fully saturated rings. The minimum absolute atomic E-state index is 0.130. The molecule has 19 heavy (non-hydrogen) atoms. The van der Waals surface area contributed by atoms with Crippen LogP contribution in [-0.4, -0.2) is 24.0 Å². The van der Waals surface area contributed by atoms with E-state index in [1.165, 1.54) is 12.0 Å². The Balaban J connectivity index is 2.94. The molecule has 0 bridgehead atoms. The number of hydrogen-bond acceptors (Lipinski definition) is 2. The normalized spacial score (nSPS) is 16.4. The molecule has 1 aromatic rings. The summed E-state index contributed by atoms with van der Waals surface area (Å²) in [6, 6.07) is 8.98. The van der Waals surface area contributed by atoms with Crippen molar-refractivity contribution < 1.29 is 0 Å². The quantitative estimate of drug-likeness (QED) is 0.813. The highest BCUT2D eigenvalue weighted by atomic mass is 79.9. The van der Waals surface area contributed by atoms with Crippen molar-refractivity contribution in [2.75, 3.05) is 13.1 Å². The lowest BCUT2D eigenvalue weighted by molar-refractivity contribution is 0.160. The molecular weight excluding hydrogens is 300 g/mol. The largest absolute Gasteiger partial charge is 0.326 e. The summed E-state index contributed by atoms with van der Waals surface area (Å²) >= 11 is 3.49. The van der Waals surface area contributed by atoms with Crippen molar-refractivity contribution in [3.8, 4) is 0 Å². The van der Waals surface area contributed by atoms with Crippen LogP contribution in [0.3, 0.4) is 0 Å². The highest BCUT2D eigenvalue weighted by Crippen LogP contribution is 2.26. The van der Waals surface area contributed by atoms with Gasteiger partial charge in [0.25, 0.3) is 0 Å². The molecule has 0 aliphatic rings. The molecule has 0 aliphatic carbocycles. The van der Waals surface area contributed by atoms with Gasteiger partial charge in [0.2, 0.25) is 0 Å². The van der Waals surface area contributed by atoms with E-state index < -0.39 is 0 Å². The van der Waals surface area contributed by atoms with Gasteiger partial charge in [-0.3, -0.25) is 4.90 Å². The van der Waals surface area contributed by atoms with Gasteiger partial charge >= 0.3 is 0 Å². The minimum Gasteiger partial charge on any atom is -0.326 e. The first-order valence-electron chi connectivity index (χ1n) is 7.24. The number of nitrogens with zero attached hydrogens (tertiary/aromatic N) is 1. The summed E-state index contributed by atoms with van der Waals surface area (Å²) in [7, 11) is 0. The first kappa shape index (κ1) is 16.7. The van der Waals surface area contributed by atoms with E-state index in [0.717, 1.165) is 17.6 Å². The van der Waals surface area contributed by atoms with Crippen LogP contribution < -0.4 is 5.73 Å². The van der Waals surface area contributed by atoms with Crippen LogP contribution >= 0.6 is 15.9 Å². The lowest BCUT2D eigenvalue weighted by atomic mass is 9.97. The van der Waals surface area contributed by atoms with E-state index in [0.29, 0.717) is 12.0 Å². The Morgan fingerprint density at radius 1 is 1.16 bits per heavy atom. The zero-order valence-electron chi connectivity index (χ0n) is 12.6. The van der Waals surface area contributed by atoms with E-state index in [-0.39, 0.29) is 6.04 Å². The standard InChI is InChI=1S/C16H27BrN2/c1-5-12(3)11-19(6-2)16(13(4)18)14-7-9-15(17)10-8-14/h7-10,12-13,16H,5-6,11,18H2,1-4H3. The van der Waals surface area contributed by atoms with Gasteiger partial charge in [0.05, 0.1) is 0 Å². The number of hydrogen-bond donors (Lipinski definition) is 1. The molecule has 0 radical (unpaired) electrons. The van der Waals surface area contributed by atoms with Crippen molar-refractivity contribution >= 4 is 15.9 Å². The Morgan fingerprint density at radius 2 is 1.74 bits per heavy atom. The number of rotatable bonds is 7. The fraction of sp³-hybridized carbons (Fsp3) is 0.625. The fourth-order valence-electron chi connectivity index (χ4n) is 2.48. The van der Waals surface area contributed by atoms with Gasteiger partial charge in [-0.05, 0) is 37.1 Å². The average Bonchev–Trinajstić information content (AvgIpc) is 2.39. The molecule has 3 unspecified atom stereocenters. The van der Waals surface area contributed by atoms with Gasteiger partial charge in [-0.15, -0.1) is 0 Å². The third-order valence-corrected chi connectivity index (χ3v) is 4.28. The smallest absolute Gasteiger partial charge is 0.0496 e. The van der Waals surface area contributed by atoms with Crippen molar-refractivity contribution in [3.63, 3.8) is 0 Å². The van der Waals surface area contributed by atoms with Gasteiger partial charge in [-0.1, -0.05) is 55.3 Å². The molecule has 0 saturated carbocycles. The zero-order valence-corrected chi connectivity index (χ0v) is 14.2. The molecule has 2 N–H and O–H groups in total. The van der Waals surface area contributed by atoms with E-state index in [9.17, 15) is 0 Å². The van der Waals surface area contributed by atoms with Crippen LogP contribution in [0.2, 0.25) is 0 Å². The molecule has 1 rings (SSSR count). The molecule has 0 heterocycles. The second kappa shape index (κ2) is 8.03. The lowest BCUT2D eigenvalue weighted by Crippen LogP contribution is -2.41. The van der Waals surface area contributed by atoms with E-state index in [4.69, 9.17) is 5.73 Å². The molecule has 2 nitrogen and oxygen atoms in total. The maximum absolute atomic E-state index is 6.25. The second-order valence-electron chi connectivity index (χ2n) is 5.46. The molecular formula is C16H27BrN2. The summed E-state index contributed by atoms with van der Waals surface area (Å²) in [5, 5.41) is 0. The first-order valence-corrected chi connectivity index (χ1v) is 8.03. The van der Waals surface area contributed by atoms with Gasteiger partial charge in [0.15, 0.2) is 0 Å². The maximum Gasteiger partial charge on any atom is 0.0496 e. The van der Waals surface area contributed by atoms with Crippen LogP contribution in [0, 0.1) is 5.92 Å². The first-order chi connectivity index (χ1) is 8.99. The number of benzene rings is 1. The Hall–Kier alpha value is -0.380. The minimum atomic E-state index is 0.130. The Labute approximate surface area is 126 Å². The second-order valence-corrected chi connectivity index (χ2v) is 6.37. The molecule has 0 saturated heterocycles. The van der Waals surface area contributed by atoms with Crippen molar-refractivity contribution in [1.29, 1.82) is 0 Å². The zero-order chi connectivity index (χ0) is 14.4. The fourth-order valence-corrected chi connectivity index (χ4v) is 2.74. The SMILES string of the molecule is CCC(C)CN(CC)C(c1ccc(Br)cc1)C(C)N. The monoisotopic (exact) mass is 326 g/mol. The summed E-state index contributed by atoms with van der Waals surface area (Å²) in [5.41, 5.74) is 7.56. The summed E-state index contributed by atoms with van der Waals surface area (Å²) in [4.78, 5) is 2.50. The maximum atomic E-state index is 6.25. The summed E-state index contributed by atoms with van der Waals surface area (Å²) < 4.78 is 1.12. The van der Waals surface area contributed by atoms with E-state index >= 15 is 0 Å². The number of nitrogens with two attached hydrogens (primary N) is 1. The van der Waals surface area contributed by atoms with Crippen LogP contribution in [0.1, 0.15) is 45.7 Å². The molecule has 0 aromatic heterocycles. The topological polar surface area (TPSA) is 29.3 Å². The molecule has 108 valence electrons. The van der Waals surface area contributed by atoms with Crippen LogP contribution in [0.5, 0.6) is 0 Å². The molecule has 0 aliphatic heterocycles. The van der Waals surface area contributed by atoms with Gasteiger partial charge in [-0.25, -0.2) is 0 Å². The van der Waals surface area contributed by atoms with Crippen molar-refractivity contribution in [2.45, 2.75) is 46.2 Å². The van der Waals surface area contributed by atoms with Crippen LogP contribution in [-0.2, 0) is 0 Å². The van der Waals surface area contributed by atoms with Gasteiger partial charge in [0, 0.05) is 23.1 Å². The third-order valence-electron chi connectivity index (χ3n) is 3.75. The predicted molar refractivity (Wildman–Crippen MR) is 87.2 cm³/mol. The van der Waals surface area contributed by atoms with E-state index in [2.05, 4.69) is 72.8 Å². The van der Waals surface area contributed by atoms with E-state index in [1.807, 2.05) is 0 Å². The third kappa shape index (κ3) is 4.90. The molecule has 1 aromatic carbocycles. The predicted octanol–water partition coefficient (Wildman–Crippen LogP) is 4.21. The number of likely N-dealkylation sites (N-methyl/N-ethyl adjacent to an activating group) is 1. The molecule has 0 spiro atoms. The van der Waals surface area contributed by atoms with Crippen molar-refractivity contribution in [2.24, 2.45) is 11.7 Å². The summed E-state index contributed by atoms with van der Waals surface area (Å²) in [5.74, 6) is 0.705. The lowest BCUT2D eigenvalue weighted by Gasteiger charge is -2.35. The Morgan fingerprint density at radius 3 is 2.16 bits per heavy atom. The Kier molecular flexibility index (Phi) is 7.05.